The largest absolute Gasteiger partial charge is 0.336 e. The zero-order valence-corrected chi connectivity index (χ0v) is 13.3. The molecule has 1 aromatic heterocycles. The van der Waals surface area contributed by atoms with Gasteiger partial charge in [-0.3, -0.25) is 9.78 Å². The minimum absolute atomic E-state index is 0. The maximum atomic E-state index is 12.4. The zero-order chi connectivity index (χ0) is 13.2. The van der Waals surface area contributed by atoms with Crippen LogP contribution in [0.25, 0.3) is 11.0 Å². The quantitative estimate of drug-likeness (QED) is 0.914. The van der Waals surface area contributed by atoms with E-state index in [0.717, 1.165) is 30.5 Å². The predicted molar refractivity (Wildman–Crippen MR) is 87.4 cm³/mol. The maximum Gasteiger partial charge on any atom is 0.274 e. The summed E-state index contributed by atoms with van der Waals surface area (Å²) in [7, 11) is 1.83. The molecule has 1 amide bonds. The average molecular weight is 329 g/mol. The number of halogens is 2. The maximum absolute atomic E-state index is 12.4. The van der Waals surface area contributed by atoms with Crippen LogP contribution in [0.2, 0.25) is 0 Å². The van der Waals surface area contributed by atoms with Crippen molar-refractivity contribution in [1.82, 2.24) is 20.2 Å². The number of benzene rings is 1. The lowest BCUT2D eigenvalue weighted by atomic mass is 10.2. The van der Waals surface area contributed by atoms with Gasteiger partial charge in [0.25, 0.3) is 5.91 Å². The van der Waals surface area contributed by atoms with Crippen LogP contribution in [0.4, 0.5) is 0 Å². The number of carbonyl (C=O) groups excluding carboxylic acids is 1. The molecule has 1 aliphatic heterocycles. The van der Waals surface area contributed by atoms with Gasteiger partial charge < -0.3 is 10.2 Å². The summed E-state index contributed by atoms with van der Waals surface area (Å²) in [6, 6.07) is 7.82. The number of amides is 1. The number of para-hydroxylation sites is 2. The Morgan fingerprint density at radius 2 is 2.00 bits per heavy atom. The summed E-state index contributed by atoms with van der Waals surface area (Å²) < 4.78 is 0. The summed E-state index contributed by atoms with van der Waals surface area (Å²) in [6.45, 7) is 1.81. The van der Waals surface area contributed by atoms with E-state index in [1.807, 2.05) is 31.3 Å². The standard InChI is InChI=1S/C14H16N4O.2ClH/c1-18(10-6-7-15-8-10)14(19)13-9-16-11-4-2-3-5-12(11)17-13;;/h2-5,9-10,15H,6-8H2,1H3;2*1H. The minimum Gasteiger partial charge on any atom is -0.336 e. The fraction of sp³-hybridized carbons (Fsp3) is 0.357. The third-order valence-electron chi connectivity index (χ3n) is 3.57. The highest BCUT2D eigenvalue weighted by Crippen LogP contribution is 2.12. The molecule has 7 heteroatoms. The van der Waals surface area contributed by atoms with Crippen LogP contribution in [0.5, 0.6) is 0 Å². The van der Waals surface area contributed by atoms with Crippen molar-refractivity contribution in [3.05, 3.63) is 36.2 Å². The molecule has 3 rings (SSSR count). The van der Waals surface area contributed by atoms with Gasteiger partial charge in [-0.05, 0) is 25.1 Å². The number of likely N-dealkylation sites (N-methyl/N-ethyl adjacent to an activating group) is 1. The molecule has 1 saturated heterocycles. The highest BCUT2D eigenvalue weighted by atomic mass is 35.5. The Kier molecular flexibility index (Phi) is 6.33. The minimum atomic E-state index is -0.0630. The molecule has 0 radical (unpaired) electrons. The van der Waals surface area contributed by atoms with E-state index in [4.69, 9.17) is 0 Å². The summed E-state index contributed by atoms with van der Waals surface area (Å²) in [5.74, 6) is -0.0630. The van der Waals surface area contributed by atoms with Gasteiger partial charge in [0.1, 0.15) is 5.69 Å². The average Bonchev–Trinajstić information content (AvgIpc) is 2.99. The number of nitrogens with one attached hydrogen (secondary N) is 1. The van der Waals surface area contributed by atoms with E-state index in [9.17, 15) is 4.79 Å². The first-order valence-corrected chi connectivity index (χ1v) is 6.45. The van der Waals surface area contributed by atoms with Gasteiger partial charge in [0.2, 0.25) is 0 Å². The summed E-state index contributed by atoms with van der Waals surface area (Å²) in [6.07, 6.45) is 2.55. The van der Waals surface area contributed by atoms with E-state index in [0.29, 0.717) is 5.69 Å². The van der Waals surface area contributed by atoms with Crippen LogP contribution in [0, 0.1) is 0 Å². The summed E-state index contributed by atoms with van der Waals surface area (Å²) in [5.41, 5.74) is 1.98. The number of nitrogens with zero attached hydrogens (tertiary/aromatic N) is 3. The van der Waals surface area contributed by atoms with E-state index >= 15 is 0 Å². The molecule has 21 heavy (non-hydrogen) atoms. The lowest BCUT2D eigenvalue weighted by Gasteiger charge is -2.23. The Bertz CT molecular complexity index is 617. The molecular weight excluding hydrogens is 311 g/mol. The van der Waals surface area contributed by atoms with Gasteiger partial charge >= 0.3 is 0 Å². The van der Waals surface area contributed by atoms with Crippen molar-refractivity contribution >= 4 is 41.8 Å². The fourth-order valence-corrected chi connectivity index (χ4v) is 2.38. The van der Waals surface area contributed by atoms with E-state index in [1.165, 1.54) is 0 Å². The molecule has 1 atom stereocenters. The van der Waals surface area contributed by atoms with Crippen LogP contribution in [-0.2, 0) is 0 Å². The Hall–Kier alpha value is -1.43. The molecule has 1 unspecified atom stereocenters. The molecule has 5 nitrogen and oxygen atoms in total. The normalized spacial score (nSPS) is 16.9. The van der Waals surface area contributed by atoms with Gasteiger partial charge in [-0.1, -0.05) is 12.1 Å². The summed E-state index contributed by atoms with van der Waals surface area (Å²) in [5, 5.41) is 3.26. The van der Waals surface area contributed by atoms with Crippen molar-refractivity contribution in [2.75, 3.05) is 20.1 Å². The van der Waals surface area contributed by atoms with E-state index < -0.39 is 0 Å². The smallest absolute Gasteiger partial charge is 0.274 e. The first-order chi connectivity index (χ1) is 9.25. The topological polar surface area (TPSA) is 58.1 Å². The van der Waals surface area contributed by atoms with Crippen molar-refractivity contribution < 1.29 is 4.79 Å². The second-order valence-electron chi connectivity index (χ2n) is 4.81. The third kappa shape index (κ3) is 3.61. The molecule has 0 bridgehead atoms. The number of rotatable bonds is 2. The van der Waals surface area contributed by atoms with Crippen molar-refractivity contribution in [2.24, 2.45) is 0 Å². The van der Waals surface area contributed by atoms with Crippen molar-refractivity contribution in [3.63, 3.8) is 0 Å². The van der Waals surface area contributed by atoms with Crippen molar-refractivity contribution in [1.29, 1.82) is 0 Å². The monoisotopic (exact) mass is 328 g/mol. The molecule has 0 saturated carbocycles. The van der Waals surface area contributed by atoms with Crippen LogP contribution in [-0.4, -0.2) is 47.0 Å². The second kappa shape index (κ2) is 7.54. The molecule has 2 heterocycles. The molecule has 1 N–H and O–H groups in total. The molecule has 114 valence electrons. The summed E-state index contributed by atoms with van der Waals surface area (Å²) in [4.78, 5) is 22.8. The van der Waals surface area contributed by atoms with Gasteiger partial charge in [-0.15, -0.1) is 24.8 Å². The fourth-order valence-electron chi connectivity index (χ4n) is 2.38. The van der Waals surface area contributed by atoms with Crippen LogP contribution in [0.1, 0.15) is 16.9 Å². The second-order valence-corrected chi connectivity index (χ2v) is 4.81. The number of hydrogen-bond donors (Lipinski definition) is 1. The Morgan fingerprint density at radius 3 is 2.67 bits per heavy atom. The van der Waals surface area contributed by atoms with Crippen molar-refractivity contribution in [2.45, 2.75) is 12.5 Å². The molecule has 0 spiro atoms. The number of aromatic nitrogens is 2. The Morgan fingerprint density at radius 1 is 1.29 bits per heavy atom. The Balaban J connectivity index is 0.00000110. The van der Waals surface area contributed by atoms with Gasteiger partial charge in [0.05, 0.1) is 17.2 Å². The molecule has 1 fully saturated rings. The van der Waals surface area contributed by atoms with Gasteiger partial charge in [0, 0.05) is 19.6 Å². The number of hydrogen-bond acceptors (Lipinski definition) is 4. The van der Waals surface area contributed by atoms with Gasteiger partial charge in [-0.2, -0.15) is 0 Å². The lowest BCUT2D eigenvalue weighted by molar-refractivity contribution is 0.0738. The van der Waals surface area contributed by atoms with Gasteiger partial charge in [-0.25, -0.2) is 4.98 Å². The Labute approximate surface area is 136 Å². The van der Waals surface area contributed by atoms with Crippen LogP contribution < -0.4 is 5.32 Å². The van der Waals surface area contributed by atoms with E-state index in [-0.39, 0.29) is 36.8 Å². The molecule has 0 aliphatic carbocycles. The molecule has 2 aromatic rings. The highest BCUT2D eigenvalue weighted by Gasteiger charge is 2.24. The first kappa shape index (κ1) is 17.6. The SMILES string of the molecule is CN(C(=O)c1cnc2ccccc2n1)C1CCNC1.Cl.Cl. The van der Waals surface area contributed by atoms with Crippen LogP contribution in [0.15, 0.2) is 30.5 Å². The van der Waals surface area contributed by atoms with E-state index in [2.05, 4.69) is 15.3 Å². The third-order valence-corrected chi connectivity index (χ3v) is 3.57. The zero-order valence-electron chi connectivity index (χ0n) is 11.7. The number of carbonyl (C=O) groups is 1. The molecule has 1 aliphatic rings. The summed E-state index contributed by atoms with van der Waals surface area (Å²) >= 11 is 0. The molecular formula is C14H18Cl2N4O. The van der Waals surface area contributed by atoms with Crippen LogP contribution in [0.3, 0.4) is 0 Å². The van der Waals surface area contributed by atoms with E-state index in [1.54, 1.807) is 11.1 Å². The highest BCUT2D eigenvalue weighted by molar-refractivity contribution is 5.93. The van der Waals surface area contributed by atoms with Gasteiger partial charge in [0.15, 0.2) is 0 Å². The first-order valence-electron chi connectivity index (χ1n) is 6.45. The van der Waals surface area contributed by atoms with Crippen molar-refractivity contribution in [3.8, 4) is 0 Å². The molecule has 1 aromatic carbocycles. The number of fused-ring (bicyclic) bond motifs is 1. The van der Waals surface area contributed by atoms with Crippen LogP contribution >= 0.6 is 24.8 Å². The predicted octanol–water partition coefficient (Wildman–Crippen LogP) is 1.91. The lowest BCUT2D eigenvalue weighted by Crippen LogP contribution is -2.38.